The first kappa shape index (κ1) is 15.9. The second-order valence-corrected chi connectivity index (χ2v) is 6.51. The van der Waals surface area contributed by atoms with Crippen LogP contribution in [-0.4, -0.2) is 18.5 Å². The summed E-state index contributed by atoms with van der Waals surface area (Å²) in [4.78, 5) is 12.3. The summed E-state index contributed by atoms with van der Waals surface area (Å²) < 4.78 is 5.68. The Bertz CT molecular complexity index is 441. The van der Waals surface area contributed by atoms with Crippen LogP contribution in [0.3, 0.4) is 0 Å². The Hall–Kier alpha value is -1.15. The van der Waals surface area contributed by atoms with Crippen molar-refractivity contribution in [2.75, 3.05) is 6.61 Å². The Balaban J connectivity index is 2.64. The van der Waals surface area contributed by atoms with Gasteiger partial charge in [0.2, 0.25) is 0 Å². The Morgan fingerprint density at radius 3 is 2.47 bits per heavy atom. The molecule has 1 rings (SSSR count). The predicted octanol–water partition coefficient (Wildman–Crippen LogP) is 4.33. The SMILES string of the molecule is Cc1ccc(C)c(C(=O)C(C)OCCC(C)(C)C)c1. The molecule has 106 valence electrons. The van der Waals surface area contributed by atoms with Crippen molar-refractivity contribution < 1.29 is 9.53 Å². The molecule has 0 fully saturated rings. The first-order valence-corrected chi connectivity index (χ1v) is 6.94. The van der Waals surface area contributed by atoms with Crippen LogP contribution in [-0.2, 0) is 4.74 Å². The number of carbonyl (C=O) groups excluding carboxylic acids is 1. The largest absolute Gasteiger partial charge is 0.370 e. The monoisotopic (exact) mass is 262 g/mol. The summed E-state index contributed by atoms with van der Waals surface area (Å²) in [6.07, 6.45) is 0.583. The van der Waals surface area contributed by atoms with E-state index in [-0.39, 0.29) is 17.3 Å². The zero-order chi connectivity index (χ0) is 14.6. The molecule has 0 N–H and O–H groups in total. The van der Waals surface area contributed by atoms with Gasteiger partial charge in [-0.2, -0.15) is 0 Å². The van der Waals surface area contributed by atoms with Crippen LogP contribution in [0.4, 0.5) is 0 Å². The van der Waals surface area contributed by atoms with Crippen LogP contribution in [0.1, 0.15) is 55.6 Å². The van der Waals surface area contributed by atoms with Crippen molar-refractivity contribution >= 4 is 5.78 Å². The van der Waals surface area contributed by atoms with Crippen LogP contribution >= 0.6 is 0 Å². The first-order valence-electron chi connectivity index (χ1n) is 6.94. The van der Waals surface area contributed by atoms with E-state index in [9.17, 15) is 4.79 Å². The van der Waals surface area contributed by atoms with Crippen molar-refractivity contribution in [1.82, 2.24) is 0 Å². The lowest BCUT2D eigenvalue weighted by molar-refractivity contribution is 0.0393. The quantitative estimate of drug-likeness (QED) is 0.738. The number of hydrogen-bond acceptors (Lipinski definition) is 2. The molecule has 1 unspecified atom stereocenters. The van der Waals surface area contributed by atoms with Gasteiger partial charge in [0.05, 0.1) is 0 Å². The van der Waals surface area contributed by atoms with Gasteiger partial charge in [-0.1, -0.05) is 38.5 Å². The maximum atomic E-state index is 12.3. The first-order chi connectivity index (χ1) is 8.70. The molecule has 19 heavy (non-hydrogen) atoms. The second kappa shape index (κ2) is 6.33. The molecule has 0 aromatic heterocycles. The van der Waals surface area contributed by atoms with E-state index < -0.39 is 0 Å². The maximum Gasteiger partial charge on any atom is 0.191 e. The zero-order valence-corrected chi connectivity index (χ0v) is 13.0. The maximum absolute atomic E-state index is 12.3. The lowest BCUT2D eigenvalue weighted by atomic mass is 9.93. The van der Waals surface area contributed by atoms with Crippen molar-refractivity contribution in [3.05, 3.63) is 34.9 Å². The summed E-state index contributed by atoms with van der Waals surface area (Å²) >= 11 is 0. The second-order valence-electron chi connectivity index (χ2n) is 6.51. The predicted molar refractivity (Wildman–Crippen MR) is 79.7 cm³/mol. The van der Waals surface area contributed by atoms with E-state index in [1.807, 2.05) is 39.0 Å². The van der Waals surface area contributed by atoms with Gasteiger partial charge in [0.1, 0.15) is 6.10 Å². The molecule has 1 atom stereocenters. The van der Waals surface area contributed by atoms with E-state index in [0.717, 1.165) is 23.1 Å². The number of aryl methyl sites for hydroxylation is 2. The summed E-state index contributed by atoms with van der Waals surface area (Å²) in [5, 5.41) is 0. The normalized spacial score (nSPS) is 13.4. The smallest absolute Gasteiger partial charge is 0.191 e. The number of benzene rings is 1. The summed E-state index contributed by atoms with van der Waals surface area (Å²) in [5.74, 6) is 0.0788. The molecule has 0 bridgehead atoms. The fraction of sp³-hybridized carbons (Fsp3) is 0.588. The molecule has 0 radical (unpaired) electrons. The minimum atomic E-state index is -0.372. The molecule has 0 spiro atoms. The van der Waals surface area contributed by atoms with Gasteiger partial charge in [-0.05, 0) is 44.2 Å². The van der Waals surface area contributed by atoms with Crippen LogP contribution < -0.4 is 0 Å². The van der Waals surface area contributed by atoms with Crippen LogP contribution in [0.25, 0.3) is 0 Å². The summed E-state index contributed by atoms with van der Waals surface area (Å²) in [6.45, 7) is 13.0. The number of carbonyl (C=O) groups is 1. The lowest BCUT2D eigenvalue weighted by Crippen LogP contribution is -2.23. The van der Waals surface area contributed by atoms with Gasteiger partial charge in [-0.3, -0.25) is 4.79 Å². The summed E-state index contributed by atoms with van der Waals surface area (Å²) in [7, 11) is 0. The van der Waals surface area contributed by atoms with Crippen LogP contribution in [0.5, 0.6) is 0 Å². The van der Waals surface area contributed by atoms with E-state index in [1.165, 1.54) is 0 Å². The van der Waals surface area contributed by atoms with E-state index in [1.54, 1.807) is 0 Å². The average Bonchev–Trinajstić information content (AvgIpc) is 2.29. The minimum Gasteiger partial charge on any atom is -0.370 e. The number of Topliss-reactive ketones (excluding diaryl/α,β-unsaturated/α-hetero) is 1. The van der Waals surface area contributed by atoms with Gasteiger partial charge in [0.15, 0.2) is 5.78 Å². The van der Waals surface area contributed by atoms with Gasteiger partial charge < -0.3 is 4.74 Å². The summed E-state index contributed by atoms with van der Waals surface area (Å²) in [5.41, 5.74) is 3.14. The van der Waals surface area contributed by atoms with Gasteiger partial charge >= 0.3 is 0 Å². The fourth-order valence-corrected chi connectivity index (χ4v) is 1.84. The van der Waals surface area contributed by atoms with Gasteiger partial charge in [0.25, 0.3) is 0 Å². The van der Waals surface area contributed by atoms with Gasteiger partial charge in [-0.25, -0.2) is 0 Å². The highest BCUT2D eigenvalue weighted by Gasteiger charge is 2.19. The topological polar surface area (TPSA) is 26.3 Å². The highest BCUT2D eigenvalue weighted by Crippen LogP contribution is 2.19. The number of hydrogen-bond donors (Lipinski definition) is 0. The molecular formula is C17H26O2. The molecule has 0 amide bonds. The number of ketones is 1. The highest BCUT2D eigenvalue weighted by atomic mass is 16.5. The molecule has 1 aromatic rings. The molecule has 0 saturated carbocycles. The minimum absolute atomic E-state index is 0.0788. The van der Waals surface area contributed by atoms with E-state index in [4.69, 9.17) is 4.74 Å². The molecule has 1 aromatic carbocycles. The third-order valence-electron chi connectivity index (χ3n) is 3.25. The van der Waals surface area contributed by atoms with Crippen molar-refractivity contribution in [3.63, 3.8) is 0 Å². The van der Waals surface area contributed by atoms with Crippen molar-refractivity contribution in [3.8, 4) is 0 Å². The van der Waals surface area contributed by atoms with E-state index in [0.29, 0.717) is 6.61 Å². The zero-order valence-electron chi connectivity index (χ0n) is 13.0. The molecule has 0 aliphatic carbocycles. The van der Waals surface area contributed by atoms with Crippen LogP contribution in [0.15, 0.2) is 18.2 Å². The number of rotatable bonds is 5. The standard InChI is InChI=1S/C17H26O2/c1-12-7-8-13(2)15(11-12)16(18)14(3)19-10-9-17(4,5)6/h7-8,11,14H,9-10H2,1-6H3. The molecule has 0 aliphatic rings. The Labute approximate surface area is 117 Å². The van der Waals surface area contributed by atoms with E-state index in [2.05, 4.69) is 20.8 Å². The summed E-state index contributed by atoms with van der Waals surface area (Å²) in [6, 6.07) is 5.96. The molecule has 0 heterocycles. The van der Waals surface area contributed by atoms with Crippen LogP contribution in [0, 0.1) is 19.3 Å². The molecule has 2 heteroatoms. The lowest BCUT2D eigenvalue weighted by Gasteiger charge is -2.20. The molecular weight excluding hydrogens is 236 g/mol. The Kier molecular flexibility index (Phi) is 5.30. The van der Waals surface area contributed by atoms with E-state index >= 15 is 0 Å². The van der Waals surface area contributed by atoms with Gasteiger partial charge in [0, 0.05) is 12.2 Å². The average molecular weight is 262 g/mol. The third kappa shape index (κ3) is 5.15. The van der Waals surface area contributed by atoms with Gasteiger partial charge in [-0.15, -0.1) is 0 Å². The number of ether oxygens (including phenoxy) is 1. The Morgan fingerprint density at radius 2 is 1.89 bits per heavy atom. The highest BCUT2D eigenvalue weighted by molar-refractivity contribution is 6.00. The molecule has 2 nitrogen and oxygen atoms in total. The van der Waals surface area contributed by atoms with Crippen molar-refractivity contribution in [2.45, 2.75) is 54.1 Å². The Morgan fingerprint density at radius 1 is 1.26 bits per heavy atom. The van der Waals surface area contributed by atoms with Crippen molar-refractivity contribution in [2.24, 2.45) is 5.41 Å². The van der Waals surface area contributed by atoms with Crippen LogP contribution in [0.2, 0.25) is 0 Å². The third-order valence-corrected chi connectivity index (χ3v) is 3.25. The fourth-order valence-electron chi connectivity index (χ4n) is 1.84. The molecule has 0 saturated heterocycles. The molecule has 0 aliphatic heterocycles. The van der Waals surface area contributed by atoms with Crippen molar-refractivity contribution in [1.29, 1.82) is 0 Å².